The first-order valence-corrected chi connectivity index (χ1v) is 19.1. The maximum atomic E-state index is 14.4. The number of nitrogens with one attached hydrogen (secondary N) is 1. The summed E-state index contributed by atoms with van der Waals surface area (Å²) in [5.74, 6) is -2.35. The van der Waals surface area contributed by atoms with Gasteiger partial charge in [0.15, 0.2) is 11.4 Å². The number of amides is 2. The summed E-state index contributed by atoms with van der Waals surface area (Å²) < 4.78 is 50.6. The maximum absolute atomic E-state index is 14.4. The highest BCUT2D eigenvalue weighted by molar-refractivity contribution is 7.90. The van der Waals surface area contributed by atoms with Gasteiger partial charge in [-0.05, 0) is 77.3 Å². The van der Waals surface area contributed by atoms with Crippen molar-refractivity contribution in [3.05, 3.63) is 30.4 Å². The molecule has 2 amide bonds. The van der Waals surface area contributed by atoms with E-state index in [2.05, 4.69) is 9.71 Å². The molecule has 0 bridgehead atoms. The largest absolute Gasteiger partial charge is 0.497 e. The van der Waals surface area contributed by atoms with E-state index in [9.17, 15) is 27.6 Å². The summed E-state index contributed by atoms with van der Waals surface area (Å²) in [6.45, 7) is 5.33. The van der Waals surface area contributed by atoms with Crippen LogP contribution in [0.2, 0.25) is 0 Å². The first kappa shape index (κ1) is 35.9. The molecule has 0 spiro atoms. The van der Waals surface area contributed by atoms with Gasteiger partial charge in [0, 0.05) is 24.8 Å². The van der Waals surface area contributed by atoms with E-state index in [0.29, 0.717) is 49.0 Å². The van der Waals surface area contributed by atoms with Crippen LogP contribution in [0.3, 0.4) is 0 Å². The van der Waals surface area contributed by atoms with Gasteiger partial charge in [0.2, 0.25) is 21.8 Å². The number of nitrogens with zero attached hydrogens (tertiary/aromatic N) is 2. The Kier molecular flexibility index (Phi) is 10.0. The Labute approximate surface area is 292 Å². The lowest BCUT2D eigenvalue weighted by atomic mass is 9.90. The molecule has 1 aromatic carbocycles. The minimum Gasteiger partial charge on any atom is -0.497 e. The number of sulfonamides is 1. The molecule has 50 heavy (non-hydrogen) atoms. The molecule has 6 rings (SSSR count). The van der Waals surface area contributed by atoms with E-state index < -0.39 is 56.2 Å². The number of methoxy groups -OCH3 is 1. The molecule has 5 atom stereocenters. The maximum Gasteiger partial charge on any atom is 0.394 e. The Bertz CT molecular complexity index is 1780. The van der Waals surface area contributed by atoms with Gasteiger partial charge in [-0.25, -0.2) is 8.42 Å². The number of aromatic nitrogens is 1. The molecule has 14 heteroatoms. The SMILES string of the molecule is COc1ccc2oc(O[C@@H]3C[C@H]4C(=O)C[C@]5(C(=O)NS(=O)(=O)C6CC6)C[C@@H]5/C=C\CCCCC[C@H](CC(=O)OC(C)(C)C)C(=O)N4C3)nc2c1. The summed E-state index contributed by atoms with van der Waals surface area (Å²) in [5, 5.41) is -0.593. The van der Waals surface area contributed by atoms with Crippen LogP contribution in [0.15, 0.2) is 34.8 Å². The molecule has 0 unspecified atom stereocenters. The fourth-order valence-corrected chi connectivity index (χ4v) is 8.50. The predicted octanol–water partition coefficient (Wildman–Crippen LogP) is 4.63. The van der Waals surface area contributed by atoms with Crippen molar-refractivity contribution in [3.8, 4) is 11.8 Å². The lowest BCUT2D eigenvalue weighted by molar-refractivity contribution is -0.159. The third-order valence-corrected chi connectivity index (χ3v) is 11.8. The van der Waals surface area contributed by atoms with Crippen LogP contribution < -0.4 is 14.2 Å². The fraction of sp³-hybridized carbons (Fsp3) is 0.639. The summed E-state index contributed by atoms with van der Waals surface area (Å²) in [6, 6.07) is 4.16. The summed E-state index contributed by atoms with van der Waals surface area (Å²) in [6.07, 6.45) is 7.77. The zero-order chi connectivity index (χ0) is 35.8. The van der Waals surface area contributed by atoms with Crippen LogP contribution in [0.1, 0.15) is 91.4 Å². The Morgan fingerprint density at radius 1 is 1.12 bits per heavy atom. The molecule has 1 N–H and O–H groups in total. The lowest BCUT2D eigenvalue weighted by Crippen LogP contribution is -2.46. The summed E-state index contributed by atoms with van der Waals surface area (Å²) in [4.78, 5) is 61.3. The predicted molar refractivity (Wildman–Crippen MR) is 182 cm³/mol. The highest BCUT2D eigenvalue weighted by Crippen LogP contribution is 2.57. The number of ketones is 1. The number of ether oxygens (including phenoxy) is 3. The summed E-state index contributed by atoms with van der Waals surface area (Å²) >= 11 is 0. The number of oxazole rings is 1. The second-order valence-corrected chi connectivity index (χ2v) is 17.1. The molecule has 2 saturated carbocycles. The van der Waals surface area contributed by atoms with Gasteiger partial charge in [-0.1, -0.05) is 25.0 Å². The molecule has 13 nitrogen and oxygen atoms in total. The van der Waals surface area contributed by atoms with E-state index in [1.54, 1.807) is 46.1 Å². The third kappa shape index (κ3) is 8.16. The number of rotatable bonds is 8. The van der Waals surface area contributed by atoms with Crippen molar-refractivity contribution in [2.45, 2.75) is 114 Å². The van der Waals surface area contributed by atoms with Gasteiger partial charge >= 0.3 is 12.0 Å². The minimum absolute atomic E-state index is 0.0280. The van der Waals surface area contributed by atoms with E-state index in [-0.39, 0.29) is 49.5 Å². The number of esters is 1. The van der Waals surface area contributed by atoms with Crippen LogP contribution >= 0.6 is 0 Å². The standard InChI is InChI=1S/C36H47N3O10S/c1-35(2,3)49-31(41)16-22-10-8-6-5-7-9-11-23-19-36(23,33(43)38-50(44,45)26-13-14-26)20-29(40)28-18-25(21-39(28)32(22)42)47-34-37-27-17-24(46-4)12-15-30(27)48-34/h9,11-12,15,17,22-23,25-26,28H,5-8,10,13-14,16,18-21H2,1-4H3,(H,38,43)/b11-9-/t22-,23+,25-,28+,36-/m1/s1. The third-order valence-electron chi connectivity index (χ3n) is 10.0. The average molecular weight is 714 g/mol. The van der Waals surface area contributed by atoms with Crippen molar-refractivity contribution < 1.29 is 46.2 Å². The Morgan fingerprint density at radius 2 is 1.90 bits per heavy atom. The van der Waals surface area contributed by atoms with E-state index in [1.807, 2.05) is 12.2 Å². The van der Waals surface area contributed by atoms with Crippen LogP contribution in [0.5, 0.6) is 11.8 Å². The van der Waals surface area contributed by atoms with Crippen molar-refractivity contribution in [2.75, 3.05) is 13.7 Å². The molecule has 1 saturated heterocycles. The van der Waals surface area contributed by atoms with Gasteiger partial charge in [-0.2, -0.15) is 4.98 Å². The van der Waals surface area contributed by atoms with Crippen molar-refractivity contribution in [2.24, 2.45) is 17.3 Å². The Balaban J connectivity index is 1.28. The number of hydrogen-bond donors (Lipinski definition) is 1. The van der Waals surface area contributed by atoms with Gasteiger partial charge in [-0.15, -0.1) is 0 Å². The molecule has 3 fully saturated rings. The van der Waals surface area contributed by atoms with Gasteiger partial charge in [0.1, 0.15) is 23.0 Å². The van der Waals surface area contributed by atoms with Crippen LogP contribution in [0.4, 0.5) is 0 Å². The Morgan fingerprint density at radius 3 is 2.62 bits per heavy atom. The van der Waals surface area contributed by atoms with Crippen molar-refractivity contribution >= 4 is 44.7 Å². The normalized spacial score (nSPS) is 28.5. The molecule has 272 valence electrons. The molecule has 4 aliphatic rings. The van der Waals surface area contributed by atoms with Gasteiger partial charge in [-0.3, -0.25) is 23.9 Å². The fourth-order valence-electron chi connectivity index (χ4n) is 7.11. The summed E-state index contributed by atoms with van der Waals surface area (Å²) in [5.41, 5.74) is -0.985. The molecule has 2 aromatic rings. The van der Waals surface area contributed by atoms with E-state index in [4.69, 9.17) is 18.6 Å². The molecular weight excluding hydrogens is 666 g/mol. The number of Topliss-reactive ketones (excluding diaryl/α,β-unsaturated/α-hetero) is 1. The highest BCUT2D eigenvalue weighted by atomic mass is 32.2. The van der Waals surface area contributed by atoms with Crippen LogP contribution in [0.25, 0.3) is 11.1 Å². The lowest BCUT2D eigenvalue weighted by Gasteiger charge is -2.29. The average Bonchev–Trinajstić information content (AvgIpc) is 3.93. The first-order chi connectivity index (χ1) is 23.7. The second-order valence-electron chi connectivity index (χ2n) is 15.1. The molecule has 3 heterocycles. The zero-order valence-electron chi connectivity index (χ0n) is 29.1. The minimum atomic E-state index is -3.84. The molecule has 0 radical (unpaired) electrons. The molecule has 2 aliphatic carbocycles. The quantitative estimate of drug-likeness (QED) is 0.299. The topological polar surface area (TPSA) is 171 Å². The van der Waals surface area contributed by atoms with Crippen LogP contribution in [-0.2, 0) is 33.9 Å². The van der Waals surface area contributed by atoms with Crippen molar-refractivity contribution in [1.82, 2.24) is 14.6 Å². The Hall–Kier alpha value is -3.94. The van der Waals surface area contributed by atoms with Gasteiger partial charge in [0.05, 0.1) is 36.8 Å². The highest BCUT2D eigenvalue weighted by Gasteiger charge is 2.61. The van der Waals surface area contributed by atoms with E-state index >= 15 is 0 Å². The van der Waals surface area contributed by atoms with E-state index in [1.165, 1.54) is 4.90 Å². The zero-order valence-corrected chi connectivity index (χ0v) is 30.0. The van der Waals surface area contributed by atoms with Gasteiger partial charge in [0.25, 0.3) is 0 Å². The molecular formula is C36H47N3O10S. The number of fused-ring (bicyclic) bond motifs is 3. The smallest absolute Gasteiger partial charge is 0.394 e. The number of benzene rings is 1. The number of allylic oxidation sites excluding steroid dienone is 2. The van der Waals surface area contributed by atoms with Crippen molar-refractivity contribution in [3.63, 3.8) is 0 Å². The van der Waals surface area contributed by atoms with Crippen molar-refractivity contribution in [1.29, 1.82) is 0 Å². The number of hydrogen-bond acceptors (Lipinski definition) is 11. The van der Waals surface area contributed by atoms with E-state index in [0.717, 1.165) is 19.3 Å². The second kappa shape index (κ2) is 14.0. The van der Waals surface area contributed by atoms with Crippen LogP contribution in [-0.4, -0.2) is 78.5 Å². The monoisotopic (exact) mass is 713 g/mol. The summed E-state index contributed by atoms with van der Waals surface area (Å²) in [7, 11) is -2.29. The molecule has 1 aromatic heterocycles. The van der Waals surface area contributed by atoms with Crippen LogP contribution in [0, 0.1) is 17.3 Å². The van der Waals surface area contributed by atoms with Gasteiger partial charge < -0.3 is 23.5 Å². The number of carbonyl (C=O) groups is 4. The first-order valence-electron chi connectivity index (χ1n) is 17.6. The molecule has 2 aliphatic heterocycles. The number of carbonyl (C=O) groups excluding carboxylic acids is 4.